The van der Waals surface area contributed by atoms with Crippen molar-refractivity contribution in [2.24, 2.45) is 0 Å². The molecule has 16 aromatic carbocycles. The van der Waals surface area contributed by atoms with Crippen LogP contribution in [0.3, 0.4) is 0 Å². The molecule has 0 N–H and O–H groups in total. The normalized spacial score (nSPS) is 12.2. The van der Waals surface area contributed by atoms with Gasteiger partial charge in [0.25, 0.3) is 0 Å². The Morgan fingerprint density at radius 3 is 0.933 bits per heavy atom. The molecule has 0 saturated carbocycles. The van der Waals surface area contributed by atoms with Gasteiger partial charge in [-0.15, -0.1) is 0 Å². The van der Waals surface area contributed by atoms with E-state index in [1.54, 1.807) is 0 Å². The molecule has 18 rings (SSSR count). The molecule has 17 aromatic rings. The van der Waals surface area contributed by atoms with Crippen LogP contribution in [0.1, 0.15) is 0 Å². The zero-order valence-corrected chi connectivity index (χ0v) is 50.8. The van der Waals surface area contributed by atoms with Crippen molar-refractivity contribution >= 4 is 84.8 Å². The first-order valence-electron chi connectivity index (χ1n) is 31.3. The van der Waals surface area contributed by atoms with Crippen molar-refractivity contribution in [2.75, 3.05) is 0 Å². The third-order valence-electron chi connectivity index (χ3n) is 19.2. The molecule has 0 saturated heterocycles. The van der Waals surface area contributed by atoms with Gasteiger partial charge < -0.3 is 4.57 Å². The zero-order chi connectivity index (χ0) is 59.2. The molecular weight excluding hydrogens is 1100 g/mol. The third kappa shape index (κ3) is 8.83. The first-order chi connectivity index (χ1) is 44.6. The molecule has 0 unspecified atom stereocenters. The van der Waals surface area contributed by atoms with Crippen molar-refractivity contribution in [3.63, 3.8) is 0 Å². The van der Waals surface area contributed by atoms with Gasteiger partial charge in [0.15, 0.2) is 0 Å². The van der Waals surface area contributed by atoms with E-state index in [-0.39, 0.29) is 0 Å². The summed E-state index contributed by atoms with van der Waals surface area (Å²) in [4.78, 5) is 0. The van der Waals surface area contributed by atoms with Crippen molar-refractivity contribution in [3.05, 3.63) is 334 Å². The standard InChI is InChI=1S/C88H57NSi/c1-2-12-56(13-3-1)57-22-32-64(33-23-57)69-42-46-79-80-47-45-72(55-88(80)90-87(79)54-69)89-85-48-43-67(62-28-24-58(25-29-62)60-34-38-65(39-35-60)81-52-70-14-4-6-16-73(70)75-18-8-10-20-77(75)81)50-83(85)84-51-68(44-49-86(84)89)63-30-26-59(27-31-63)61-36-40-66(41-37-61)82-53-71-15-5-7-17-74(71)76-19-9-11-21-78(76)82/h1-55H,90H2. The zero-order valence-electron chi connectivity index (χ0n) is 49.4. The van der Waals surface area contributed by atoms with Gasteiger partial charge in [-0.3, -0.25) is 0 Å². The first-order valence-corrected chi connectivity index (χ1v) is 32.7. The number of nitrogens with zero attached hydrogens (tertiary/aromatic N) is 1. The van der Waals surface area contributed by atoms with E-state index in [0.717, 1.165) is 0 Å². The maximum atomic E-state index is 2.51. The SMILES string of the molecule is c1ccc(-c2ccc(-c3ccc4c(c3)[SiH2]c3cc(-n5c6ccc(-c7ccc(-c8ccc(-c9cc%10ccccc%10c%10ccccc9%10)cc8)cc7)cc6c6cc(-c7ccc(-c8ccc(-c9cc%10ccccc%10c%10ccccc9%10)cc8)cc7)ccc65)ccc3-4)cc2)cc1. The molecule has 1 aromatic heterocycles. The molecule has 1 nitrogen and oxygen atoms in total. The molecule has 0 bridgehead atoms. The van der Waals surface area contributed by atoms with Gasteiger partial charge in [0.2, 0.25) is 0 Å². The maximum Gasteiger partial charge on any atom is 0.0892 e. The molecule has 0 amide bonds. The lowest BCUT2D eigenvalue weighted by Crippen LogP contribution is -2.21. The number of rotatable bonds is 9. The Morgan fingerprint density at radius 2 is 0.489 bits per heavy atom. The average molecular weight is 1160 g/mol. The van der Waals surface area contributed by atoms with Crippen LogP contribution in [0.25, 0.3) is 171 Å². The Hall–Kier alpha value is -11.4. The fourth-order valence-corrected chi connectivity index (χ4v) is 16.7. The quantitative estimate of drug-likeness (QED) is 0.100. The van der Waals surface area contributed by atoms with Gasteiger partial charge in [-0.2, -0.15) is 0 Å². The van der Waals surface area contributed by atoms with Crippen molar-refractivity contribution in [1.82, 2.24) is 4.57 Å². The van der Waals surface area contributed by atoms with Gasteiger partial charge in [0.1, 0.15) is 0 Å². The van der Waals surface area contributed by atoms with E-state index in [1.165, 1.54) is 181 Å². The highest BCUT2D eigenvalue weighted by Crippen LogP contribution is 2.42. The first kappa shape index (κ1) is 51.8. The molecule has 0 atom stereocenters. The fourth-order valence-electron chi connectivity index (χ4n) is 14.6. The molecule has 90 heavy (non-hydrogen) atoms. The second-order valence-electron chi connectivity index (χ2n) is 24.3. The van der Waals surface area contributed by atoms with Crippen LogP contribution in [0, 0.1) is 0 Å². The molecule has 1 aliphatic heterocycles. The van der Waals surface area contributed by atoms with Gasteiger partial charge in [-0.25, -0.2) is 0 Å². The Labute approximate surface area is 525 Å². The number of hydrogen-bond acceptors (Lipinski definition) is 0. The third-order valence-corrected chi connectivity index (χ3v) is 21.2. The molecular formula is C88H57NSi. The van der Waals surface area contributed by atoms with E-state index in [0.29, 0.717) is 0 Å². The lowest BCUT2D eigenvalue weighted by atomic mass is 9.92. The molecule has 0 radical (unpaired) electrons. The van der Waals surface area contributed by atoms with Crippen LogP contribution in [-0.4, -0.2) is 14.1 Å². The number of benzene rings is 16. The Bertz CT molecular complexity index is 5420. The van der Waals surface area contributed by atoms with Crippen LogP contribution in [0.5, 0.6) is 0 Å². The second kappa shape index (κ2) is 21.2. The predicted octanol–water partition coefficient (Wildman–Crippen LogP) is 21.8. The van der Waals surface area contributed by atoms with Gasteiger partial charge in [0, 0.05) is 16.5 Å². The Morgan fingerprint density at radius 1 is 0.178 bits per heavy atom. The summed E-state index contributed by atoms with van der Waals surface area (Å²) >= 11 is 0. The van der Waals surface area contributed by atoms with Crippen molar-refractivity contribution in [1.29, 1.82) is 0 Å². The molecule has 418 valence electrons. The topological polar surface area (TPSA) is 4.93 Å². The lowest BCUT2D eigenvalue weighted by Gasteiger charge is -2.12. The summed E-state index contributed by atoms with van der Waals surface area (Å²) in [5.74, 6) is 0. The highest BCUT2D eigenvalue weighted by atomic mass is 28.2. The summed E-state index contributed by atoms with van der Waals surface area (Å²) in [5.41, 5.74) is 26.0. The average Bonchev–Trinajstić information content (AvgIpc) is 1.44. The van der Waals surface area contributed by atoms with Crippen LogP contribution in [0.4, 0.5) is 0 Å². The number of hydrogen-bond donors (Lipinski definition) is 0. The molecule has 0 fully saturated rings. The lowest BCUT2D eigenvalue weighted by molar-refractivity contribution is 1.18. The molecule has 2 heterocycles. The summed E-state index contributed by atoms with van der Waals surface area (Å²) in [7, 11) is -0.750. The van der Waals surface area contributed by atoms with Crippen LogP contribution in [0.2, 0.25) is 0 Å². The Balaban J connectivity index is 0.679. The highest BCUT2D eigenvalue weighted by molar-refractivity contribution is 6.73. The molecule has 2 heteroatoms. The maximum absolute atomic E-state index is 2.51. The molecule has 0 aliphatic carbocycles. The smallest absolute Gasteiger partial charge is 0.0892 e. The summed E-state index contributed by atoms with van der Waals surface area (Å²) in [6, 6.07) is 124. The minimum absolute atomic E-state index is 0.750. The van der Waals surface area contributed by atoms with Crippen LogP contribution < -0.4 is 10.4 Å². The monoisotopic (exact) mass is 1160 g/mol. The minimum atomic E-state index is -0.750. The fraction of sp³-hybridized carbons (Fsp3) is 0. The number of fused-ring (bicyclic) bond motifs is 12. The van der Waals surface area contributed by atoms with Crippen molar-refractivity contribution in [3.8, 4) is 106 Å². The minimum Gasteiger partial charge on any atom is -0.309 e. The van der Waals surface area contributed by atoms with E-state index in [9.17, 15) is 0 Å². The summed E-state index contributed by atoms with van der Waals surface area (Å²) in [6.45, 7) is 0. The largest absolute Gasteiger partial charge is 0.309 e. The van der Waals surface area contributed by atoms with E-state index in [2.05, 4.69) is 338 Å². The van der Waals surface area contributed by atoms with E-state index in [1.807, 2.05) is 0 Å². The van der Waals surface area contributed by atoms with Gasteiger partial charge >= 0.3 is 0 Å². The van der Waals surface area contributed by atoms with Crippen LogP contribution >= 0.6 is 0 Å². The predicted molar refractivity (Wildman–Crippen MR) is 388 cm³/mol. The Kier molecular flexibility index (Phi) is 12.2. The van der Waals surface area contributed by atoms with Crippen molar-refractivity contribution in [2.45, 2.75) is 0 Å². The second-order valence-corrected chi connectivity index (χ2v) is 26.2. The molecule has 0 spiro atoms. The summed E-state index contributed by atoms with van der Waals surface area (Å²) in [6.07, 6.45) is 0. The van der Waals surface area contributed by atoms with Gasteiger partial charge in [0.05, 0.1) is 20.6 Å². The van der Waals surface area contributed by atoms with E-state index < -0.39 is 9.52 Å². The van der Waals surface area contributed by atoms with E-state index in [4.69, 9.17) is 0 Å². The van der Waals surface area contributed by atoms with Gasteiger partial charge in [-0.1, -0.05) is 295 Å². The van der Waals surface area contributed by atoms with Gasteiger partial charge in [-0.05, 0) is 192 Å². The van der Waals surface area contributed by atoms with E-state index >= 15 is 0 Å². The van der Waals surface area contributed by atoms with Crippen molar-refractivity contribution < 1.29 is 0 Å². The summed E-state index contributed by atoms with van der Waals surface area (Å²) < 4.78 is 2.51. The summed E-state index contributed by atoms with van der Waals surface area (Å²) in [5, 5.41) is 15.7. The van der Waals surface area contributed by atoms with Crippen LogP contribution in [-0.2, 0) is 0 Å². The highest BCUT2D eigenvalue weighted by Gasteiger charge is 2.23. The molecule has 1 aliphatic rings. The number of aromatic nitrogens is 1. The van der Waals surface area contributed by atoms with Crippen LogP contribution in [0.15, 0.2) is 334 Å².